The van der Waals surface area contributed by atoms with E-state index in [4.69, 9.17) is 28.9 Å². The standard InChI is InChI=1S/C14H18Cl2N2O2S/c1-3-11(4-2)18-21(19,20)14-12(15)8-10(6-5-7-17)9-13(14)16/h8-9,11,18H,3-4,7,17H2,1-2H3. The first-order valence-electron chi connectivity index (χ1n) is 6.56. The predicted octanol–water partition coefficient (Wildman–Crippen LogP) is 2.77. The van der Waals surface area contributed by atoms with Gasteiger partial charge >= 0.3 is 0 Å². The minimum absolute atomic E-state index is 0.0438. The lowest BCUT2D eigenvalue weighted by Crippen LogP contribution is -2.34. The molecule has 0 saturated carbocycles. The zero-order valence-electron chi connectivity index (χ0n) is 11.9. The first kappa shape index (κ1) is 18.3. The predicted molar refractivity (Wildman–Crippen MR) is 87.1 cm³/mol. The molecule has 3 N–H and O–H groups in total. The quantitative estimate of drug-likeness (QED) is 0.803. The van der Waals surface area contributed by atoms with Crippen LogP contribution < -0.4 is 10.5 Å². The fourth-order valence-corrected chi connectivity index (χ4v) is 4.39. The number of hydrogen-bond acceptors (Lipinski definition) is 3. The van der Waals surface area contributed by atoms with Gasteiger partial charge in [0.05, 0.1) is 16.6 Å². The zero-order valence-corrected chi connectivity index (χ0v) is 14.2. The van der Waals surface area contributed by atoms with Crippen molar-refractivity contribution in [3.8, 4) is 11.8 Å². The van der Waals surface area contributed by atoms with Gasteiger partial charge in [0.1, 0.15) is 4.90 Å². The Bertz CT molecular complexity index is 636. The Labute approximate surface area is 136 Å². The van der Waals surface area contributed by atoms with Crippen LogP contribution in [0.3, 0.4) is 0 Å². The second-order valence-electron chi connectivity index (χ2n) is 4.41. The van der Waals surface area contributed by atoms with Crippen molar-refractivity contribution in [2.24, 2.45) is 5.73 Å². The molecule has 0 aliphatic heterocycles. The Morgan fingerprint density at radius 1 is 1.24 bits per heavy atom. The third kappa shape index (κ3) is 4.87. The first-order valence-corrected chi connectivity index (χ1v) is 8.79. The summed E-state index contributed by atoms with van der Waals surface area (Å²) in [5, 5.41) is 0.0876. The largest absolute Gasteiger partial charge is 0.320 e. The number of halogens is 2. The van der Waals surface area contributed by atoms with E-state index in [9.17, 15) is 8.42 Å². The minimum Gasteiger partial charge on any atom is -0.320 e. The van der Waals surface area contributed by atoms with Gasteiger partial charge in [0.15, 0.2) is 0 Å². The molecule has 1 aromatic rings. The van der Waals surface area contributed by atoms with E-state index >= 15 is 0 Å². The maximum Gasteiger partial charge on any atom is 0.243 e. The highest BCUT2D eigenvalue weighted by molar-refractivity contribution is 7.89. The molecule has 0 aromatic heterocycles. The van der Waals surface area contributed by atoms with Crippen molar-refractivity contribution in [2.75, 3.05) is 6.54 Å². The lowest BCUT2D eigenvalue weighted by molar-refractivity contribution is 0.530. The molecule has 0 saturated heterocycles. The zero-order chi connectivity index (χ0) is 16.0. The number of benzene rings is 1. The molecule has 1 aromatic carbocycles. The summed E-state index contributed by atoms with van der Waals surface area (Å²) in [5.41, 5.74) is 5.82. The van der Waals surface area contributed by atoms with E-state index in [0.29, 0.717) is 18.4 Å². The van der Waals surface area contributed by atoms with Gasteiger partial charge < -0.3 is 5.73 Å². The van der Waals surface area contributed by atoms with E-state index in [2.05, 4.69) is 16.6 Å². The highest BCUT2D eigenvalue weighted by Gasteiger charge is 2.24. The molecule has 0 heterocycles. The molecule has 21 heavy (non-hydrogen) atoms. The fourth-order valence-electron chi connectivity index (χ4n) is 1.78. The van der Waals surface area contributed by atoms with Gasteiger partial charge in [-0.25, -0.2) is 13.1 Å². The van der Waals surface area contributed by atoms with Gasteiger partial charge in [-0.05, 0) is 25.0 Å². The van der Waals surface area contributed by atoms with Crippen LogP contribution in [0.4, 0.5) is 0 Å². The molecule has 0 radical (unpaired) electrons. The average Bonchev–Trinajstić information content (AvgIpc) is 2.41. The third-order valence-electron chi connectivity index (χ3n) is 2.91. The van der Waals surface area contributed by atoms with E-state index < -0.39 is 10.0 Å². The number of hydrogen-bond donors (Lipinski definition) is 2. The Balaban J connectivity index is 3.24. The minimum atomic E-state index is -3.77. The maximum atomic E-state index is 12.4. The molecule has 4 nitrogen and oxygen atoms in total. The molecule has 0 aliphatic rings. The van der Waals surface area contributed by atoms with Crippen molar-refractivity contribution in [2.45, 2.75) is 37.6 Å². The fraction of sp³-hybridized carbons (Fsp3) is 0.429. The molecule has 116 valence electrons. The summed E-state index contributed by atoms with van der Waals surface area (Å²) in [6.07, 6.45) is 1.37. The van der Waals surface area contributed by atoms with Gasteiger partial charge in [0.2, 0.25) is 10.0 Å². The summed E-state index contributed by atoms with van der Waals surface area (Å²) in [5.74, 6) is 5.43. The van der Waals surface area contributed by atoms with Gasteiger partial charge in [-0.3, -0.25) is 0 Å². The normalized spacial score (nSPS) is 11.3. The van der Waals surface area contributed by atoms with Crippen LogP contribution in [0.15, 0.2) is 17.0 Å². The van der Waals surface area contributed by atoms with Crippen molar-refractivity contribution in [1.82, 2.24) is 4.72 Å². The molecule has 0 unspecified atom stereocenters. The van der Waals surface area contributed by atoms with Crippen LogP contribution in [-0.4, -0.2) is 21.0 Å². The SMILES string of the molecule is CCC(CC)NS(=O)(=O)c1c(Cl)cc(C#CCN)cc1Cl. The van der Waals surface area contributed by atoms with E-state index in [1.165, 1.54) is 12.1 Å². The van der Waals surface area contributed by atoms with Crippen molar-refractivity contribution in [3.05, 3.63) is 27.7 Å². The highest BCUT2D eigenvalue weighted by atomic mass is 35.5. The molecule has 0 amide bonds. The van der Waals surface area contributed by atoms with Gasteiger partial charge in [0.25, 0.3) is 0 Å². The van der Waals surface area contributed by atoms with Crippen molar-refractivity contribution >= 4 is 33.2 Å². The summed E-state index contributed by atoms with van der Waals surface area (Å²) in [7, 11) is -3.77. The van der Waals surface area contributed by atoms with Crippen LogP contribution in [-0.2, 0) is 10.0 Å². The van der Waals surface area contributed by atoms with Crippen LogP contribution >= 0.6 is 23.2 Å². The average molecular weight is 349 g/mol. The number of nitrogens with one attached hydrogen (secondary N) is 1. The second kappa shape index (κ2) is 8.02. The molecule has 0 spiro atoms. The molecular formula is C14H18Cl2N2O2S. The Kier molecular flexibility index (Phi) is 6.98. The van der Waals surface area contributed by atoms with Crippen LogP contribution in [0.5, 0.6) is 0 Å². The van der Waals surface area contributed by atoms with Crippen LogP contribution in [0.2, 0.25) is 10.0 Å². The molecule has 1 rings (SSSR count). The summed E-state index contributed by atoms with van der Waals surface area (Å²) in [6.45, 7) is 4.02. The van der Waals surface area contributed by atoms with E-state index in [1.54, 1.807) is 0 Å². The smallest absolute Gasteiger partial charge is 0.243 e. The van der Waals surface area contributed by atoms with Crippen LogP contribution in [0, 0.1) is 11.8 Å². The molecular weight excluding hydrogens is 331 g/mol. The molecule has 0 bridgehead atoms. The topological polar surface area (TPSA) is 72.2 Å². The van der Waals surface area contributed by atoms with E-state index in [1.807, 2.05) is 13.8 Å². The van der Waals surface area contributed by atoms with Crippen LogP contribution in [0.1, 0.15) is 32.3 Å². The maximum absolute atomic E-state index is 12.4. The summed E-state index contributed by atoms with van der Waals surface area (Å²) >= 11 is 12.1. The molecule has 0 atom stereocenters. The lowest BCUT2D eigenvalue weighted by atomic mass is 10.2. The number of rotatable bonds is 5. The molecule has 0 aliphatic carbocycles. The van der Waals surface area contributed by atoms with Gasteiger partial charge in [-0.1, -0.05) is 48.9 Å². The van der Waals surface area contributed by atoms with Gasteiger partial charge in [0, 0.05) is 11.6 Å². The van der Waals surface area contributed by atoms with Crippen molar-refractivity contribution in [1.29, 1.82) is 0 Å². The molecule has 0 fully saturated rings. The Hall–Kier alpha value is -0.770. The van der Waals surface area contributed by atoms with Crippen molar-refractivity contribution in [3.63, 3.8) is 0 Å². The van der Waals surface area contributed by atoms with Gasteiger partial charge in [-0.15, -0.1) is 0 Å². The van der Waals surface area contributed by atoms with E-state index in [-0.39, 0.29) is 27.5 Å². The first-order chi connectivity index (χ1) is 9.85. The van der Waals surface area contributed by atoms with E-state index in [0.717, 1.165) is 0 Å². The van der Waals surface area contributed by atoms with Crippen molar-refractivity contribution < 1.29 is 8.42 Å². The summed E-state index contributed by atoms with van der Waals surface area (Å²) in [4.78, 5) is -0.115. The third-order valence-corrected chi connectivity index (χ3v) is 5.35. The summed E-state index contributed by atoms with van der Waals surface area (Å²) < 4.78 is 27.4. The highest BCUT2D eigenvalue weighted by Crippen LogP contribution is 2.31. The second-order valence-corrected chi connectivity index (χ2v) is 6.87. The molecule has 7 heteroatoms. The van der Waals surface area contributed by atoms with Crippen LogP contribution in [0.25, 0.3) is 0 Å². The number of nitrogens with two attached hydrogens (primary N) is 1. The Morgan fingerprint density at radius 3 is 2.19 bits per heavy atom. The number of sulfonamides is 1. The Morgan fingerprint density at radius 2 is 1.76 bits per heavy atom. The lowest BCUT2D eigenvalue weighted by Gasteiger charge is -2.16. The van der Waals surface area contributed by atoms with Gasteiger partial charge in [-0.2, -0.15) is 0 Å². The monoisotopic (exact) mass is 348 g/mol. The summed E-state index contributed by atoms with van der Waals surface area (Å²) in [6, 6.07) is 2.79.